The first-order valence-electron chi connectivity index (χ1n) is 2.83. The third-order valence-corrected chi connectivity index (χ3v) is 1.91. The van der Waals surface area contributed by atoms with Crippen molar-refractivity contribution in [1.29, 1.82) is 0 Å². The molecule has 1 aliphatic heterocycles. The van der Waals surface area contributed by atoms with Gasteiger partial charge in [0.2, 0.25) is 5.60 Å². The predicted molar refractivity (Wildman–Crippen MR) is 38.8 cm³/mol. The Morgan fingerprint density at radius 2 is 2.60 bits per heavy atom. The van der Waals surface area contributed by atoms with Crippen LogP contribution >= 0.6 is 15.9 Å². The fourth-order valence-corrected chi connectivity index (χ4v) is 1.22. The normalized spacial score (nSPS) is 31.2. The zero-order chi connectivity index (χ0) is 7.78. The molecule has 1 rings (SSSR count). The van der Waals surface area contributed by atoms with Crippen LogP contribution in [-0.2, 0) is 9.53 Å². The summed E-state index contributed by atoms with van der Waals surface area (Å²) in [5.74, 6) is -0.932. The Balaban J connectivity index is 2.70. The van der Waals surface area contributed by atoms with Gasteiger partial charge in [0.25, 0.3) is 0 Å². The summed E-state index contributed by atoms with van der Waals surface area (Å²) in [6.07, 6.45) is 2.12. The number of aliphatic carboxylic acids is 1. The highest BCUT2D eigenvalue weighted by Gasteiger charge is 2.38. The average Bonchev–Trinajstić information content (AvgIpc) is 2.13. The molecule has 0 amide bonds. The lowest BCUT2D eigenvalue weighted by atomic mass is 10.1. The summed E-state index contributed by atoms with van der Waals surface area (Å²) >= 11 is 3.06. The van der Waals surface area contributed by atoms with Crippen LogP contribution in [0.4, 0.5) is 0 Å². The topological polar surface area (TPSA) is 46.5 Å². The van der Waals surface area contributed by atoms with Crippen molar-refractivity contribution < 1.29 is 14.6 Å². The lowest BCUT2D eigenvalue weighted by Crippen LogP contribution is -2.34. The van der Waals surface area contributed by atoms with Crippen LogP contribution in [0.15, 0.2) is 10.7 Å². The van der Waals surface area contributed by atoms with Crippen LogP contribution in [0.5, 0.6) is 0 Å². The third-order valence-electron chi connectivity index (χ3n) is 1.43. The van der Waals surface area contributed by atoms with Crippen molar-refractivity contribution in [3.05, 3.63) is 10.7 Å². The van der Waals surface area contributed by atoms with Gasteiger partial charge in [0.15, 0.2) is 4.67 Å². The van der Waals surface area contributed by atoms with E-state index in [0.29, 0.717) is 11.1 Å². The Morgan fingerprint density at radius 3 is 2.80 bits per heavy atom. The Hall–Kier alpha value is -0.510. The minimum atomic E-state index is -1.06. The van der Waals surface area contributed by atoms with Gasteiger partial charge in [0, 0.05) is 6.42 Å². The van der Waals surface area contributed by atoms with Crippen molar-refractivity contribution in [2.45, 2.75) is 18.9 Å². The van der Waals surface area contributed by atoms with Crippen LogP contribution in [0.3, 0.4) is 0 Å². The van der Waals surface area contributed by atoms with Crippen LogP contribution in [0.2, 0.25) is 0 Å². The van der Waals surface area contributed by atoms with Gasteiger partial charge >= 0.3 is 5.97 Å². The summed E-state index contributed by atoms with van der Waals surface area (Å²) in [5.41, 5.74) is -1.06. The Bertz CT molecular complexity index is 199. The molecule has 0 aromatic heterocycles. The number of carboxylic acids is 1. The Kier molecular flexibility index (Phi) is 1.72. The molecule has 4 heteroatoms. The van der Waals surface area contributed by atoms with Crippen molar-refractivity contribution in [3.8, 4) is 0 Å². The second-order valence-electron chi connectivity index (χ2n) is 2.35. The first-order valence-corrected chi connectivity index (χ1v) is 3.62. The largest absolute Gasteiger partial charge is 0.478 e. The van der Waals surface area contributed by atoms with Crippen molar-refractivity contribution in [2.24, 2.45) is 0 Å². The van der Waals surface area contributed by atoms with Gasteiger partial charge in [-0.05, 0) is 28.9 Å². The van der Waals surface area contributed by atoms with E-state index in [9.17, 15) is 4.79 Å². The average molecular weight is 207 g/mol. The number of halogens is 1. The molecule has 0 radical (unpaired) electrons. The van der Waals surface area contributed by atoms with Crippen LogP contribution in [0.1, 0.15) is 13.3 Å². The molecular formula is C6H7BrO3. The van der Waals surface area contributed by atoms with E-state index in [2.05, 4.69) is 15.9 Å². The molecule has 10 heavy (non-hydrogen) atoms. The van der Waals surface area contributed by atoms with Crippen LogP contribution in [-0.4, -0.2) is 16.7 Å². The molecule has 0 aromatic rings. The summed E-state index contributed by atoms with van der Waals surface area (Å²) in [6, 6.07) is 0. The zero-order valence-electron chi connectivity index (χ0n) is 5.43. The maximum atomic E-state index is 10.5. The monoisotopic (exact) mass is 206 g/mol. The molecule has 1 N–H and O–H groups in total. The molecule has 0 aliphatic carbocycles. The van der Waals surface area contributed by atoms with Gasteiger partial charge in [-0.2, -0.15) is 0 Å². The van der Waals surface area contributed by atoms with E-state index in [0.717, 1.165) is 0 Å². The van der Waals surface area contributed by atoms with E-state index < -0.39 is 11.6 Å². The fourth-order valence-electron chi connectivity index (χ4n) is 0.704. The number of hydrogen-bond donors (Lipinski definition) is 1. The molecule has 3 nitrogen and oxygen atoms in total. The highest BCUT2D eigenvalue weighted by atomic mass is 79.9. The number of carbonyl (C=O) groups is 1. The maximum Gasteiger partial charge on any atom is 0.348 e. The number of ether oxygens (including phenoxy) is 1. The maximum absolute atomic E-state index is 10.5. The highest BCUT2D eigenvalue weighted by molar-refractivity contribution is 9.11. The van der Waals surface area contributed by atoms with Gasteiger partial charge in [-0.1, -0.05) is 0 Å². The van der Waals surface area contributed by atoms with Gasteiger partial charge in [-0.15, -0.1) is 0 Å². The molecule has 1 atom stereocenters. The lowest BCUT2D eigenvalue weighted by molar-refractivity contribution is -0.155. The number of hydrogen-bond acceptors (Lipinski definition) is 2. The third kappa shape index (κ3) is 1.16. The Labute approximate surface area is 66.8 Å². The first-order chi connectivity index (χ1) is 4.54. The van der Waals surface area contributed by atoms with Crippen LogP contribution in [0.25, 0.3) is 0 Å². The van der Waals surface area contributed by atoms with Gasteiger partial charge in [-0.25, -0.2) is 4.79 Å². The second kappa shape index (κ2) is 2.27. The van der Waals surface area contributed by atoms with E-state index in [-0.39, 0.29) is 0 Å². The fraction of sp³-hybridized carbons (Fsp3) is 0.500. The SMILES string of the molecule is CC1(C(=O)O)CC=C(Br)O1. The molecule has 0 saturated heterocycles. The van der Waals surface area contributed by atoms with Gasteiger partial charge in [0.05, 0.1) is 0 Å². The summed E-state index contributed by atoms with van der Waals surface area (Å²) < 4.78 is 5.50. The lowest BCUT2D eigenvalue weighted by Gasteiger charge is -2.17. The molecule has 1 unspecified atom stereocenters. The molecule has 1 heterocycles. The summed E-state index contributed by atoms with van der Waals surface area (Å²) in [4.78, 5) is 10.5. The standard InChI is InChI=1S/C6H7BrO3/c1-6(5(8)9)3-2-4(7)10-6/h2H,3H2,1H3,(H,8,9). The highest BCUT2D eigenvalue weighted by Crippen LogP contribution is 2.30. The van der Waals surface area contributed by atoms with Crippen molar-refractivity contribution in [1.82, 2.24) is 0 Å². The Morgan fingerprint density at radius 1 is 2.00 bits per heavy atom. The molecule has 56 valence electrons. The number of rotatable bonds is 1. The molecule has 0 bridgehead atoms. The first kappa shape index (κ1) is 7.60. The molecular weight excluding hydrogens is 200 g/mol. The van der Waals surface area contributed by atoms with Gasteiger partial charge in [-0.3, -0.25) is 0 Å². The number of carboxylic acid groups (broad SMARTS) is 1. The van der Waals surface area contributed by atoms with Crippen molar-refractivity contribution >= 4 is 21.9 Å². The molecule has 0 aromatic carbocycles. The van der Waals surface area contributed by atoms with Crippen molar-refractivity contribution in [3.63, 3.8) is 0 Å². The summed E-state index contributed by atoms with van der Waals surface area (Å²) in [7, 11) is 0. The summed E-state index contributed by atoms with van der Waals surface area (Å²) in [5, 5.41) is 8.61. The molecule has 1 aliphatic rings. The smallest absolute Gasteiger partial charge is 0.348 e. The van der Waals surface area contributed by atoms with E-state index in [4.69, 9.17) is 9.84 Å². The molecule has 0 fully saturated rings. The van der Waals surface area contributed by atoms with Crippen LogP contribution < -0.4 is 0 Å². The summed E-state index contributed by atoms with van der Waals surface area (Å²) in [6.45, 7) is 1.54. The van der Waals surface area contributed by atoms with E-state index >= 15 is 0 Å². The minimum Gasteiger partial charge on any atom is -0.478 e. The predicted octanol–water partition coefficient (Wildman–Crippen LogP) is 1.49. The van der Waals surface area contributed by atoms with Gasteiger partial charge < -0.3 is 9.84 Å². The van der Waals surface area contributed by atoms with E-state index in [1.807, 2.05) is 0 Å². The van der Waals surface area contributed by atoms with E-state index in [1.165, 1.54) is 0 Å². The minimum absolute atomic E-state index is 0.420. The van der Waals surface area contributed by atoms with Crippen LogP contribution in [0, 0.1) is 0 Å². The molecule has 0 saturated carbocycles. The second-order valence-corrected chi connectivity index (χ2v) is 3.13. The molecule has 0 spiro atoms. The van der Waals surface area contributed by atoms with E-state index in [1.54, 1.807) is 13.0 Å². The zero-order valence-corrected chi connectivity index (χ0v) is 7.01. The van der Waals surface area contributed by atoms with Crippen molar-refractivity contribution in [2.75, 3.05) is 0 Å². The van der Waals surface area contributed by atoms with Gasteiger partial charge in [0.1, 0.15) is 0 Å². The quantitative estimate of drug-likeness (QED) is 0.708.